The maximum absolute atomic E-state index is 6.32. The van der Waals surface area contributed by atoms with E-state index in [1.54, 1.807) is 0 Å². The Hall–Kier alpha value is -0.860. The van der Waals surface area contributed by atoms with Crippen LogP contribution >= 0.6 is 0 Å². The van der Waals surface area contributed by atoms with Crippen LogP contribution in [0.2, 0.25) is 0 Å². The van der Waals surface area contributed by atoms with Gasteiger partial charge < -0.3 is 10.1 Å². The third kappa shape index (κ3) is 3.49. The number of hydrogen-bond acceptors (Lipinski definition) is 2. The Bertz CT molecular complexity index is 452. The Morgan fingerprint density at radius 3 is 2.24 bits per heavy atom. The van der Waals surface area contributed by atoms with Gasteiger partial charge in [-0.05, 0) is 59.1 Å². The first-order valence-corrected chi connectivity index (χ1v) is 8.23. The summed E-state index contributed by atoms with van der Waals surface area (Å²) >= 11 is 0. The van der Waals surface area contributed by atoms with Gasteiger partial charge in [-0.1, -0.05) is 37.3 Å². The van der Waals surface area contributed by atoms with E-state index in [0.29, 0.717) is 17.9 Å². The van der Waals surface area contributed by atoms with Crippen LogP contribution in [0.4, 0.5) is 0 Å². The van der Waals surface area contributed by atoms with Crippen molar-refractivity contribution in [2.45, 2.75) is 70.6 Å². The summed E-state index contributed by atoms with van der Waals surface area (Å²) < 4.78 is 6.32. The molecule has 1 heterocycles. The normalized spacial score (nSPS) is 26.5. The van der Waals surface area contributed by atoms with Crippen molar-refractivity contribution in [1.29, 1.82) is 0 Å². The molecule has 2 nitrogen and oxygen atoms in total. The van der Waals surface area contributed by atoms with Gasteiger partial charge in [0.2, 0.25) is 0 Å². The van der Waals surface area contributed by atoms with Crippen LogP contribution in [0.25, 0.3) is 0 Å². The molecule has 0 radical (unpaired) electrons. The molecule has 118 valence electrons. The zero-order valence-electron chi connectivity index (χ0n) is 14.4. The highest BCUT2D eigenvalue weighted by Crippen LogP contribution is 2.46. The van der Waals surface area contributed by atoms with E-state index in [0.717, 1.165) is 12.8 Å². The average molecular weight is 289 g/mol. The third-order valence-corrected chi connectivity index (χ3v) is 5.01. The Balaban J connectivity index is 2.30. The molecule has 1 aliphatic heterocycles. The number of rotatable bonds is 5. The minimum Gasteiger partial charge on any atom is -0.369 e. The van der Waals surface area contributed by atoms with Crippen LogP contribution in [0.3, 0.4) is 0 Å². The van der Waals surface area contributed by atoms with Gasteiger partial charge in [0.05, 0.1) is 11.2 Å². The molecule has 3 unspecified atom stereocenters. The van der Waals surface area contributed by atoms with Gasteiger partial charge in [0.1, 0.15) is 0 Å². The van der Waals surface area contributed by atoms with Crippen LogP contribution < -0.4 is 5.32 Å². The summed E-state index contributed by atoms with van der Waals surface area (Å²) in [6.45, 7) is 11.2. The number of ether oxygens (including phenoxy) is 1. The van der Waals surface area contributed by atoms with Crippen LogP contribution in [0.5, 0.6) is 0 Å². The minimum absolute atomic E-state index is 0.0295. The summed E-state index contributed by atoms with van der Waals surface area (Å²) in [4.78, 5) is 0. The predicted octanol–water partition coefficient (Wildman–Crippen LogP) is 4.36. The van der Waals surface area contributed by atoms with E-state index in [4.69, 9.17) is 4.74 Å². The van der Waals surface area contributed by atoms with Gasteiger partial charge in [-0.15, -0.1) is 0 Å². The molecule has 1 aliphatic rings. The van der Waals surface area contributed by atoms with Crippen LogP contribution in [0.15, 0.2) is 30.3 Å². The summed E-state index contributed by atoms with van der Waals surface area (Å²) in [7, 11) is 2.09. The van der Waals surface area contributed by atoms with Crippen molar-refractivity contribution in [2.75, 3.05) is 7.05 Å². The highest BCUT2D eigenvalue weighted by atomic mass is 16.5. The average Bonchev–Trinajstić information content (AvgIpc) is 2.64. The SMILES string of the molecule is CCC(c1ccccc1)C(NC)C1CC(C)(C)OC1(C)C. The van der Waals surface area contributed by atoms with Gasteiger partial charge in [-0.25, -0.2) is 0 Å². The lowest BCUT2D eigenvalue weighted by molar-refractivity contribution is -0.0783. The number of hydrogen-bond donors (Lipinski definition) is 1. The monoisotopic (exact) mass is 289 g/mol. The Labute approximate surface area is 130 Å². The van der Waals surface area contributed by atoms with E-state index in [1.165, 1.54) is 5.56 Å². The zero-order valence-corrected chi connectivity index (χ0v) is 14.4. The maximum atomic E-state index is 6.32. The van der Waals surface area contributed by atoms with Gasteiger partial charge in [0.15, 0.2) is 0 Å². The zero-order chi connectivity index (χ0) is 15.7. The minimum atomic E-state index is -0.0840. The van der Waals surface area contributed by atoms with Gasteiger partial charge in [0, 0.05) is 12.0 Å². The summed E-state index contributed by atoms with van der Waals surface area (Å²) in [5.41, 5.74) is 1.32. The predicted molar refractivity (Wildman–Crippen MR) is 89.7 cm³/mol. The van der Waals surface area contributed by atoms with Crippen LogP contribution in [0.1, 0.15) is 58.9 Å². The molecule has 1 N–H and O–H groups in total. The summed E-state index contributed by atoms with van der Waals surface area (Å²) in [5, 5.41) is 3.61. The molecule has 0 saturated carbocycles. The Morgan fingerprint density at radius 2 is 1.81 bits per heavy atom. The molecule has 0 bridgehead atoms. The van der Waals surface area contributed by atoms with Crippen LogP contribution in [-0.2, 0) is 4.74 Å². The maximum Gasteiger partial charge on any atom is 0.0677 e. The first-order valence-electron chi connectivity index (χ1n) is 8.23. The fourth-order valence-corrected chi connectivity index (χ4v) is 4.24. The molecule has 3 atom stereocenters. The summed E-state index contributed by atoms with van der Waals surface area (Å²) in [6.07, 6.45) is 2.25. The van der Waals surface area contributed by atoms with Crippen molar-refractivity contribution < 1.29 is 4.74 Å². The molecule has 0 amide bonds. The molecule has 0 spiro atoms. The van der Waals surface area contributed by atoms with Crippen molar-refractivity contribution in [3.63, 3.8) is 0 Å². The molecule has 21 heavy (non-hydrogen) atoms. The Kier molecular flexibility index (Phi) is 4.79. The standard InChI is InChI=1S/C19H31NO/c1-7-15(14-11-9-8-10-12-14)17(20-6)16-13-18(2,3)21-19(16,4)5/h8-12,15-17,20H,7,13H2,1-6H3. The van der Waals surface area contributed by atoms with E-state index in [1.807, 2.05) is 0 Å². The van der Waals surface area contributed by atoms with E-state index in [9.17, 15) is 0 Å². The fourth-order valence-electron chi connectivity index (χ4n) is 4.24. The number of benzene rings is 1. The first-order chi connectivity index (χ1) is 9.80. The molecular weight excluding hydrogens is 258 g/mol. The van der Waals surface area contributed by atoms with Gasteiger partial charge in [-0.3, -0.25) is 0 Å². The third-order valence-electron chi connectivity index (χ3n) is 5.01. The summed E-state index contributed by atoms with van der Waals surface area (Å²) in [6, 6.07) is 11.3. The second-order valence-corrected chi connectivity index (χ2v) is 7.52. The number of nitrogens with one attached hydrogen (secondary N) is 1. The lowest BCUT2D eigenvalue weighted by Crippen LogP contribution is -2.46. The fraction of sp³-hybridized carbons (Fsp3) is 0.684. The van der Waals surface area contributed by atoms with E-state index < -0.39 is 0 Å². The molecular formula is C19H31NO. The molecule has 1 aromatic rings. The van der Waals surface area contributed by atoms with Crippen molar-refractivity contribution >= 4 is 0 Å². The van der Waals surface area contributed by atoms with Crippen molar-refractivity contribution in [3.05, 3.63) is 35.9 Å². The van der Waals surface area contributed by atoms with Crippen molar-refractivity contribution in [2.24, 2.45) is 5.92 Å². The van der Waals surface area contributed by atoms with Crippen LogP contribution in [-0.4, -0.2) is 24.3 Å². The Morgan fingerprint density at radius 1 is 1.19 bits per heavy atom. The molecule has 0 aliphatic carbocycles. The lowest BCUT2D eigenvalue weighted by Gasteiger charge is -2.37. The lowest BCUT2D eigenvalue weighted by atomic mass is 9.74. The topological polar surface area (TPSA) is 21.3 Å². The van der Waals surface area contributed by atoms with Crippen molar-refractivity contribution in [1.82, 2.24) is 5.32 Å². The smallest absolute Gasteiger partial charge is 0.0677 e. The van der Waals surface area contributed by atoms with Crippen molar-refractivity contribution in [3.8, 4) is 0 Å². The van der Waals surface area contributed by atoms with Crippen LogP contribution in [0, 0.1) is 5.92 Å². The largest absolute Gasteiger partial charge is 0.369 e. The molecule has 2 rings (SSSR count). The van der Waals surface area contributed by atoms with E-state index >= 15 is 0 Å². The highest BCUT2D eigenvalue weighted by Gasteiger charge is 2.50. The second kappa shape index (κ2) is 6.10. The highest BCUT2D eigenvalue weighted by molar-refractivity contribution is 5.22. The first kappa shape index (κ1) is 16.5. The molecule has 1 saturated heterocycles. The second-order valence-electron chi connectivity index (χ2n) is 7.52. The van der Waals surface area contributed by atoms with E-state index in [-0.39, 0.29) is 11.2 Å². The molecule has 1 aromatic carbocycles. The van der Waals surface area contributed by atoms with Gasteiger partial charge in [-0.2, -0.15) is 0 Å². The number of likely N-dealkylation sites (N-methyl/N-ethyl adjacent to an activating group) is 1. The summed E-state index contributed by atoms with van der Waals surface area (Å²) in [5.74, 6) is 1.04. The van der Waals surface area contributed by atoms with E-state index in [2.05, 4.69) is 77.3 Å². The van der Waals surface area contributed by atoms with Gasteiger partial charge in [0.25, 0.3) is 0 Å². The van der Waals surface area contributed by atoms with Gasteiger partial charge >= 0.3 is 0 Å². The molecule has 0 aromatic heterocycles. The molecule has 2 heteroatoms. The quantitative estimate of drug-likeness (QED) is 0.869. The molecule has 1 fully saturated rings.